The van der Waals surface area contributed by atoms with E-state index in [-0.39, 0.29) is 17.8 Å². The highest BCUT2D eigenvalue weighted by molar-refractivity contribution is 7.14. The summed E-state index contributed by atoms with van der Waals surface area (Å²) < 4.78 is 5.01. The third-order valence-electron chi connectivity index (χ3n) is 3.82. The van der Waals surface area contributed by atoms with Gasteiger partial charge in [0, 0.05) is 33.3 Å². The monoisotopic (exact) mass is 397 g/mol. The molecule has 4 aromatic rings. The molecule has 1 amide bonds. The van der Waals surface area contributed by atoms with Crippen molar-refractivity contribution in [2.75, 3.05) is 5.32 Å². The molecular formula is C19H12ClN3O3S. The summed E-state index contributed by atoms with van der Waals surface area (Å²) in [6.07, 6.45) is 4.38. The lowest BCUT2D eigenvalue weighted by atomic mass is 10.0. The number of anilines is 1. The van der Waals surface area contributed by atoms with Crippen LogP contribution in [0.1, 0.15) is 10.4 Å². The van der Waals surface area contributed by atoms with Crippen LogP contribution in [0.3, 0.4) is 0 Å². The van der Waals surface area contributed by atoms with Gasteiger partial charge in [-0.05, 0) is 40.8 Å². The van der Waals surface area contributed by atoms with Gasteiger partial charge < -0.3 is 9.52 Å². The first-order chi connectivity index (χ1) is 13.1. The summed E-state index contributed by atoms with van der Waals surface area (Å²) in [5.74, 6) is -0.383. The van der Waals surface area contributed by atoms with Gasteiger partial charge in [0.05, 0.1) is 6.20 Å². The summed E-state index contributed by atoms with van der Waals surface area (Å²) in [6, 6.07) is 10.6. The lowest BCUT2D eigenvalue weighted by Crippen LogP contribution is -2.12. The molecule has 6 nitrogen and oxygen atoms in total. The van der Waals surface area contributed by atoms with Gasteiger partial charge in [0.15, 0.2) is 0 Å². The van der Waals surface area contributed by atoms with Gasteiger partial charge in [-0.2, -0.15) is 0 Å². The molecular weight excluding hydrogens is 386 g/mol. The van der Waals surface area contributed by atoms with Gasteiger partial charge in [-0.15, -0.1) is 11.3 Å². The standard InChI is InChI=1S/C19H12ClN3O3S/c20-15-7-12(18(25)23-19-22-5-6-26-19)1-2-14(15)13-8-16(27-10-13)11-3-4-21-17(24)9-11/h1-10H,(H,21,24)(H,22,23,25). The Labute approximate surface area is 163 Å². The molecule has 0 bridgehead atoms. The minimum Gasteiger partial charge on any atom is -0.493 e. The SMILES string of the molecule is O=C(Nc1ncco1)c1ccc(-c2csc(-c3ccnc(O)c3)c2)c(Cl)c1. The third kappa shape index (κ3) is 3.69. The molecule has 0 aliphatic carbocycles. The van der Waals surface area contributed by atoms with Crippen LogP contribution < -0.4 is 5.32 Å². The van der Waals surface area contributed by atoms with Crippen LogP contribution in [0, 0.1) is 0 Å². The highest BCUT2D eigenvalue weighted by atomic mass is 35.5. The van der Waals surface area contributed by atoms with Crippen LogP contribution in [0.2, 0.25) is 5.02 Å². The molecule has 27 heavy (non-hydrogen) atoms. The van der Waals surface area contributed by atoms with Crippen LogP contribution in [0.5, 0.6) is 5.88 Å². The van der Waals surface area contributed by atoms with E-state index < -0.39 is 0 Å². The summed E-state index contributed by atoms with van der Waals surface area (Å²) in [6.45, 7) is 0. The van der Waals surface area contributed by atoms with Crippen LogP contribution in [-0.4, -0.2) is 21.0 Å². The Bertz CT molecular complexity index is 1110. The molecule has 0 fully saturated rings. The van der Waals surface area contributed by atoms with Gasteiger partial charge in [-0.1, -0.05) is 17.7 Å². The van der Waals surface area contributed by atoms with Crippen molar-refractivity contribution < 1.29 is 14.3 Å². The number of halogens is 1. The minimum atomic E-state index is -0.357. The second-order valence-electron chi connectivity index (χ2n) is 5.59. The Morgan fingerprint density at radius 3 is 2.74 bits per heavy atom. The van der Waals surface area contributed by atoms with Crippen molar-refractivity contribution in [1.82, 2.24) is 9.97 Å². The van der Waals surface area contributed by atoms with E-state index in [0.29, 0.717) is 10.6 Å². The van der Waals surface area contributed by atoms with Crippen LogP contribution >= 0.6 is 22.9 Å². The normalized spacial score (nSPS) is 10.7. The molecule has 4 rings (SSSR count). The number of carbonyl (C=O) groups is 1. The summed E-state index contributed by atoms with van der Waals surface area (Å²) in [5, 5.41) is 14.5. The van der Waals surface area contributed by atoms with Gasteiger partial charge in [-0.3, -0.25) is 10.1 Å². The van der Waals surface area contributed by atoms with Crippen molar-refractivity contribution in [1.29, 1.82) is 0 Å². The molecule has 2 N–H and O–H groups in total. The number of thiophene rings is 1. The quantitative estimate of drug-likeness (QED) is 0.501. The smallest absolute Gasteiger partial charge is 0.301 e. The predicted molar refractivity (Wildman–Crippen MR) is 104 cm³/mol. The Hall–Kier alpha value is -3.16. The maximum Gasteiger partial charge on any atom is 0.301 e. The molecule has 134 valence electrons. The van der Waals surface area contributed by atoms with Crippen molar-refractivity contribution in [3.8, 4) is 27.4 Å². The molecule has 3 heterocycles. The number of carbonyl (C=O) groups excluding carboxylic acids is 1. The number of benzene rings is 1. The first-order valence-corrected chi connectivity index (χ1v) is 9.10. The van der Waals surface area contributed by atoms with Crippen molar-refractivity contribution in [3.05, 3.63) is 71.0 Å². The third-order valence-corrected chi connectivity index (χ3v) is 5.12. The number of rotatable bonds is 4. The fraction of sp³-hybridized carbons (Fsp3) is 0. The second kappa shape index (κ2) is 7.22. The summed E-state index contributed by atoms with van der Waals surface area (Å²) in [5.41, 5.74) is 3.01. The number of aromatic hydroxyl groups is 1. The number of nitrogens with zero attached hydrogens (tertiary/aromatic N) is 2. The van der Waals surface area contributed by atoms with E-state index in [9.17, 15) is 9.90 Å². The molecule has 0 radical (unpaired) electrons. The van der Waals surface area contributed by atoms with Gasteiger partial charge in [0.2, 0.25) is 5.88 Å². The summed E-state index contributed by atoms with van der Waals surface area (Å²) >= 11 is 7.94. The highest BCUT2D eigenvalue weighted by Gasteiger charge is 2.13. The van der Waals surface area contributed by atoms with Crippen molar-refractivity contribution >= 4 is 34.9 Å². The molecule has 0 unspecified atom stereocenters. The average molecular weight is 398 g/mol. The minimum absolute atomic E-state index is 0.0260. The number of nitrogens with one attached hydrogen (secondary N) is 1. The highest BCUT2D eigenvalue weighted by Crippen LogP contribution is 2.36. The van der Waals surface area contributed by atoms with Crippen molar-refractivity contribution in [2.45, 2.75) is 0 Å². The second-order valence-corrected chi connectivity index (χ2v) is 6.91. The molecule has 3 aromatic heterocycles. The van der Waals surface area contributed by atoms with E-state index in [4.69, 9.17) is 16.0 Å². The van der Waals surface area contributed by atoms with Crippen LogP contribution in [0.4, 0.5) is 6.01 Å². The van der Waals surface area contributed by atoms with Crippen molar-refractivity contribution in [2.24, 2.45) is 0 Å². The zero-order valence-electron chi connectivity index (χ0n) is 13.7. The Morgan fingerprint density at radius 1 is 1.11 bits per heavy atom. The van der Waals surface area contributed by atoms with Crippen LogP contribution in [-0.2, 0) is 0 Å². The first-order valence-electron chi connectivity index (χ1n) is 7.85. The van der Waals surface area contributed by atoms with Gasteiger partial charge in [-0.25, -0.2) is 9.97 Å². The lowest BCUT2D eigenvalue weighted by Gasteiger charge is -2.06. The number of pyridine rings is 1. The zero-order valence-corrected chi connectivity index (χ0v) is 15.3. The zero-order chi connectivity index (χ0) is 18.8. The molecule has 0 spiro atoms. The van der Waals surface area contributed by atoms with Crippen LogP contribution in [0.15, 0.2) is 64.9 Å². The number of hydrogen-bond acceptors (Lipinski definition) is 6. The maximum atomic E-state index is 12.2. The van der Waals surface area contributed by atoms with E-state index in [1.165, 1.54) is 23.8 Å². The predicted octanol–water partition coefficient (Wildman–Crippen LogP) is 5.08. The molecule has 0 atom stereocenters. The van der Waals surface area contributed by atoms with E-state index in [1.807, 2.05) is 17.5 Å². The summed E-state index contributed by atoms with van der Waals surface area (Å²) in [7, 11) is 0. The molecule has 0 aliphatic heterocycles. The molecule has 0 aliphatic rings. The van der Waals surface area contributed by atoms with Gasteiger partial charge >= 0.3 is 6.01 Å². The van der Waals surface area contributed by atoms with Gasteiger partial charge in [0.25, 0.3) is 5.91 Å². The molecule has 0 saturated carbocycles. The van der Waals surface area contributed by atoms with E-state index in [1.54, 1.807) is 30.5 Å². The lowest BCUT2D eigenvalue weighted by molar-refractivity contribution is 0.102. The van der Waals surface area contributed by atoms with E-state index in [2.05, 4.69) is 15.3 Å². The Morgan fingerprint density at radius 2 is 2.00 bits per heavy atom. The first kappa shape index (κ1) is 17.3. The van der Waals surface area contributed by atoms with Crippen LogP contribution in [0.25, 0.3) is 21.6 Å². The largest absolute Gasteiger partial charge is 0.493 e. The molecule has 1 aromatic carbocycles. The van der Waals surface area contributed by atoms with Gasteiger partial charge in [0.1, 0.15) is 6.26 Å². The number of aromatic nitrogens is 2. The van der Waals surface area contributed by atoms with E-state index in [0.717, 1.165) is 21.6 Å². The molecule has 8 heteroatoms. The summed E-state index contributed by atoms with van der Waals surface area (Å²) in [4.78, 5) is 20.9. The fourth-order valence-electron chi connectivity index (χ4n) is 2.55. The maximum absolute atomic E-state index is 12.2. The fourth-order valence-corrected chi connectivity index (χ4v) is 3.74. The molecule has 0 saturated heterocycles. The van der Waals surface area contributed by atoms with Crippen molar-refractivity contribution in [3.63, 3.8) is 0 Å². The number of amides is 1. The Kier molecular flexibility index (Phi) is 4.62. The number of hydrogen-bond donors (Lipinski definition) is 2. The number of oxazole rings is 1. The van der Waals surface area contributed by atoms with E-state index >= 15 is 0 Å². The Balaban J connectivity index is 1.59. The topological polar surface area (TPSA) is 88.3 Å². The average Bonchev–Trinajstić information content (AvgIpc) is 3.33.